The Hall–Kier alpha value is -0.620. The Morgan fingerprint density at radius 2 is 2.05 bits per heavy atom. The summed E-state index contributed by atoms with van der Waals surface area (Å²) in [5, 5.41) is 12.5. The smallest absolute Gasteiger partial charge is 0.225 e. The minimum Gasteiger partial charge on any atom is -0.399 e. The first-order chi connectivity index (χ1) is 9.43. The maximum absolute atomic E-state index is 11.8. The van der Waals surface area contributed by atoms with Gasteiger partial charge in [0.15, 0.2) is 0 Å². The molecule has 0 heterocycles. The molecule has 1 unspecified atom stereocenters. The van der Waals surface area contributed by atoms with Crippen LogP contribution in [-0.4, -0.2) is 28.6 Å². The summed E-state index contributed by atoms with van der Waals surface area (Å²) in [5.41, 5.74) is 6.44. The number of carbonyl (C=O) groups is 1. The van der Waals surface area contributed by atoms with Crippen molar-refractivity contribution in [1.82, 2.24) is 0 Å². The largest absolute Gasteiger partial charge is 0.399 e. The van der Waals surface area contributed by atoms with Gasteiger partial charge in [0.05, 0.1) is 15.7 Å². The number of aliphatic hydroxyl groups excluding tert-OH is 1. The van der Waals surface area contributed by atoms with Crippen LogP contribution in [0.3, 0.4) is 0 Å². The van der Waals surface area contributed by atoms with Gasteiger partial charge in [0, 0.05) is 29.7 Å². The Kier molecular flexibility index (Phi) is 7.51. The number of amides is 1. The molecule has 4 nitrogen and oxygen atoms in total. The van der Waals surface area contributed by atoms with E-state index in [1.807, 2.05) is 6.92 Å². The average Bonchev–Trinajstić information content (AvgIpc) is 2.34. The van der Waals surface area contributed by atoms with Gasteiger partial charge < -0.3 is 16.2 Å². The van der Waals surface area contributed by atoms with Crippen molar-refractivity contribution in [2.75, 3.05) is 23.4 Å². The summed E-state index contributed by atoms with van der Waals surface area (Å²) in [6, 6.07) is 3.09. The highest BCUT2D eigenvalue weighted by Gasteiger charge is 2.11. The Labute approximate surface area is 133 Å². The molecule has 1 rings (SSSR count). The first kappa shape index (κ1) is 17.4. The summed E-state index contributed by atoms with van der Waals surface area (Å²) >= 11 is 13.6. The van der Waals surface area contributed by atoms with Crippen LogP contribution in [0.2, 0.25) is 10.0 Å². The molecule has 112 valence electrons. The standard InChI is InChI=1S/C13H18Cl2N2O2S/c1-8(2-4-18)20-5-3-12(19)17-13-10(14)6-9(16)7-11(13)15/h6-8,18H,2-5,16H2,1H3,(H,17,19). The number of benzene rings is 1. The zero-order valence-corrected chi connectivity index (χ0v) is 13.5. The highest BCUT2D eigenvalue weighted by Crippen LogP contribution is 2.32. The van der Waals surface area contributed by atoms with Crippen LogP contribution >= 0.6 is 35.0 Å². The zero-order valence-electron chi connectivity index (χ0n) is 11.2. The minimum absolute atomic E-state index is 0.151. The van der Waals surface area contributed by atoms with Gasteiger partial charge in [0.2, 0.25) is 5.91 Å². The molecule has 0 bridgehead atoms. The van der Waals surface area contributed by atoms with Gasteiger partial charge in [-0.05, 0) is 18.6 Å². The molecule has 0 aromatic heterocycles. The molecule has 4 N–H and O–H groups in total. The van der Waals surface area contributed by atoms with Crippen molar-refractivity contribution >= 4 is 52.2 Å². The molecule has 0 saturated heterocycles. The second-order valence-corrected chi connectivity index (χ2v) is 6.71. The molecule has 20 heavy (non-hydrogen) atoms. The normalized spacial score (nSPS) is 12.2. The predicted molar refractivity (Wildman–Crippen MR) is 87.7 cm³/mol. The van der Waals surface area contributed by atoms with Gasteiger partial charge in [-0.3, -0.25) is 4.79 Å². The van der Waals surface area contributed by atoms with Crippen molar-refractivity contribution in [2.45, 2.75) is 25.0 Å². The fraction of sp³-hybridized carbons (Fsp3) is 0.462. The third kappa shape index (κ3) is 5.79. The highest BCUT2D eigenvalue weighted by atomic mass is 35.5. The molecular formula is C13H18Cl2N2O2S. The van der Waals surface area contributed by atoms with Crippen molar-refractivity contribution < 1.29 is 9.90 Å². The summed E-state index contributed by atoms with van der Waals surface area (Å²) in [4.78, 5) is 11.8. The van der Waals surface area contributed by atoms with E-state index in [-0.39, 0.29) is 12.5 Å². The Morgan fingerprint density at radius 3 is 2.60 bits per heavy atom. The Bertz CT molecular complexity index is 449. The molecule has 0 radical (unpaired) electrons. The molecule has 1 atom stereocenters. The first-order valence-electron chi connectivity index (χ1n) is 6.21. The van der Waals surface area contributed by atoms with Crippen LogP contribution in [-0.2, 0) is 4.79 Å². The van der Waals surface area contributed by atoms with Crippen LogP contribution in [0.25, 0.3) is 0 Å². The second-order valence-electron chi connectivity index (χ2n) is 4.35. The SMILES string of the molecule is CC(CCO)SCCC(=O)Nc1c(Cl)cc(N)cc1Cl. The van der Waals surface area contributed by atoms with Gasteiger partial charge in [0.25, 0.3) is 0 Å². The Morgan fingerprint density at radius 1 is 1.45 bits per heavy atom. The van der Waals surface area contributed by atoms with Crippen LogP contribution in [0, 0.1) is 0 Å². The van der Waals surface area contributed by atoms with Gasteiger partial charge in [-0.15, -0.1) is 0 Å². The lowest BCUT2D eigenvalue weighted by Gasteiger charge is -2.11. The van der Waals surface area contributed by atoms with E-state index < -0.39 is 0 Å². The van der Waals surface area contributed by atoms with Crippen LogP contribution < -0.4 is 11.1 Å². The summed E-state index contributed by atoms with van der Waals surface area (Å²) in [6.07, 6.45) is 1.08. The molecule has 0 saturated carbocycles. The maximum atomic E-state index is 11.8. The number of nitrogens with one attached hydrogen (secondary N) is 1. The quantitative estimate of drug-likeness (QED) is 0.667. The van der Waals surface area contributed by atoms with Crippen molar-refractivity contribution in [3.63, 3.8) is 0 Å². The van der Waals surface area contributed by atoms with Gasteiger partial charge in [0.1, 0.15) is 0 Å². The van der Waals surface area contributed by atoms with E-state index in [9.17, 15) is 4.79 Å². The van der Waals surface area contributed by atoms with Crippen molar-refractivity contribution in [3.8, 4) is 0 Å². The molecule has 0 aliphatic carbocycles. The third-order valence-electron chi connectivity index (χ3n) is 2.60. The highest BCUT2D eigenvalue weighted by molar-refractivity contribution is 7.99. The molecule has 0 aliphatic heterocycles. The molecule has 0 fully saturated rings. The third-order valence-corrected chi connectivity index (χ3v) is 4.44. The summed E-state index contributed by atoms with van der Waals surface area (Å²) in [6.45, 7) is 2.18. The number of anilines is 2. The lowest BCUT2D eigenvalue weighted by Crippen LogP contribution is -2.14. The first-order valence-corrected chi connectivity index (χ1v) is 8.01. The van der Waals surface area contributed by atoms with E-state index >= 15 is 0 Å². The van der Waals surface area contributed by atoms with E-state index in [4.69, 9.17) is 34.0 Å². The minimum atomic E-state index is -0.151. The number of rotatable bonds is 7. The van der Waals surface area contributed by atoms with Crippen molar-refractivity contribution in [1.29, 1.82) is 0 Å². The molecule has 7 heteroatoms. The number of hydrogen-bond acceptors (Lipinski definition) is 4. The van der Waals surface area contributed by atoms with Crippen molar-refractivity contribution in [3.05, 3.63) is 22.2 Å². The van der Waals surface area contributed by atoms with Gasteiger partial charge >= 0.3 is 0 Å². The molecule has 0 aliphatic rings. The lowest BCUT2D eigenvalue weighted by molar-refractivity contribution is -0.115. The average molecular weight is 337 g/mol. The second kappa shape index (κ2) is 8.62. The number of nitrogens with two attached hydrogens (primary N) is 1. The molecule has 1 aromatic carbocycles. The summed E-state index contributed by atoms with van der Waals surface area (Å²) < 4.78 is 0. The number of carbonyl (C=O) groups excluding carboxylic acids is 1. The summed E-state index contributed by atoms with van der Waals surface area (Å²) in [7, 11) is 0. The molecular weight excluding hydrogens is 319 g/mol. The van der Waals surface area contributed by atoms with E-state index in [0.29, 0.717) is 38.8 Å². The predicted octanol–water partition coefficient (Wildman–Crippen LogP) is 3.41. The van der Waals surface area contributed by atoms with Gasteiger partial charge in [-0.1, -0.05) is 30.1 Å². The molecule has 1 amide bonds. The van der Waals surface area contributed by atoms with Crippen LogP contribution in [0.5, 0.6) is 0 Å². The molecule has 1 aromatic rings. The summed E-state index contributed by atoms with van der Waals surface area (Å²) in [5.74, 6) is 0.527. The number of nitrogen functional groups attached to an aromatic ring is 1. The number of hydrogen-bond donors (Lipinski definition) is 3. The molecule has 0 spiro atoms. The van der Waals surface area contributed by atoms with E-state index in [1.165, 1.54) is 0 Å². The number of thioether (sulfide) groups is 1. The van der Waals surface area contributed by atoms with Gasteiger partial charge in [-0.25, -0.2) is 0 Å². The van der Waals surface area contributed by atoms with Crippen LogP contribution in [0.15, 0.2) is 12.1 Å². The fourth-order valence-corrected chi connectivity index (χ4v) is 3.11. The topological polar surface area (TPSA) is 75.3 Å². The lowest BCUT2D eigenvalue weighted by atomic mass is 10.2. The van der Waals surface area contributed by atoms with E-state index in [2.05, 4.69) is 5.32 Å². The number of aliphatic hydroxyl groups is 1. The Balaban J connectivity index is 2.47. The monoisotopic (exact) mass is 336 g/mol. The van der Waals surface area contributed by atoms with Gasteiger partial charge in [-0.2, -0.15) is 11.8 Å². The fourth-order valence-electron chi connectivity index (χ4n) is 1.53. The van der Waals surface area contributed by atoms with E-state index in [1.54, 1.807) is 23.9 Å². The van der Waals surface area contributed by atoms with Crippen molar-refractivity contribution in [2.24, 2.45) is 0 Å². The maximum Gasteiger partial charge on any atom is 0.225 e. The van der Waals surface area contributed by atoms with Crippen LogP contribution in [0.4, 0.5) is 11.4 Å². The van der Waals surface area contributed by atoms with E-state index in [0.717, 1.165) is 6.42 Å². The van der Waals surface area contributed by atoms with Crippen LogP contribution in [0.1, 0.15) is 19.8 Å². The number of halogens is 2. The zero-order chi connectivity index (χ0) is 15.1.